The summed E-state index contributed by atoms with van der Waals surface area (Å²) in [6.07, 6.45) is 0. The van der Waals surface area contributed by atoms with Gasteiger partial charge in [-0.05, 0) is 19.1 Å². The van der Waals surface area contributed by atoms with Gasteiger partial charge in [-0.25, -0.2) is 13.2 Å². The highest BCUT2D eigenvalue weighted by molar-refractivity contribution is 5.77. The summed E-state index contributed by atoms with van der Waals surface area (Å²) in [5.74, 6) is -5.51. The number of carbonyl (C=O) groups is 1. The van der Waals surface area contributed by atoms with Crippen LogP contribution < -0.4 is 0 Å². The van der Waals surface area contributed by atoms with Gasteiger partial charge in [-0.3, -0.25) is 4.79 Å². The molecule has 0 amide bonds. The van der Waals surface area contributed by atoms with Gasteiger partial charge in [0.05, 0.1) is 13.0 Å². The Morgan fingerprint density at radius 2 is 1.80 bits per heavy atom. The molecule has 1 aromatic carbocycles. The molecule has 0 aliphatic heterocycles. The summed E-state index contributed by atoms with van der Waals surface area (Å²) < 4.78 is 43.5. The Labute approximate surface area is 84.7 Å². The molecule has 0 spiro atoms. The fourth-order valence-corrected chi connectivity index (χ4v) is 1.23. The first-order valence-corrected chi connectivity index (χ1v) is 4.20. The minimum absolute atomic E-state index is 0.609. The highest BCUT2D eigenvalue weighted by Crippen LogP contribution is 2.25. The molecule has 0 bridgehead atoms. The van der Waals surface area contributed by atoms with E-state index in [9.17, 15) is 18.0 Å². The van der Waals surface area contributed by atoms with E-state index in [1.54, 1.807) is 0 Å². The molecule has 1 rings (SSSR count). The van der Waals surface area contributed by atoms with Crippen LogP contribution in [0.15, 0.2) is 12.1 Å². The normalized spacial score (nSPS) is 12.3. The Hall–Kier alpha value is -1.52. The maximum atomic E-state index is 13.2. The van der Waals surface area contributed by atoms with Crippen molar-refractivity contribution in [3.63, 3.8) is 0 Å². The lowest BCUT2D eigenvalue weighted by Crippen LogP contribution is -2.14. The van der Waals surface area contributed by atoms with Gasteiger partial charge in [0.2, 0.25) is 0 Å². The van der Waals surface area contributed by atoms with E-state index in [1.165, 1.54) is 6.92 Å². The third-order valence-corrected chi connectivity index (χ3v) is 2.07. The average molecular weight is 218 g/mol. The van der Waals surface area contributed by atoms with Crippen LogP contribution in [0.3, 0.4) is 0 Å². The molecule has 5 heteroatoms. The Morgan fingerprint density at radius 1 is 1.27 bits per heavy atom. The summed E-state index contributed by atoms with van der Waals surface area (Å²) in [7, 11) is 1.09. The van der Waals surface area contributed by atoms with E-state index in [2.05, 4.69) is 4.74 Å². The predicted molar refractivity (Wildman–Crippen MR) is 46.7 cm³/mol. The predicted octanol–water partition coefficient (Wildman–Crippen LogP) is 2.38. The summed E-state index contributed by atoms with van der Waals surface area (Å²) in [6, 6.07) is 1.44. The zero-order chi connectivity index (χ0) is 11.6. The molecule has 0 heterocycles. The maximum absolute atomic E-state index is 13.2. The van der Waals surface area contributed by atoms with E-state index >= 15 is 0 Å². The van der Waals surface area contributed by atoms with Crippen LogP contribution in [0.5, 0.6) is 0 Å². The van der Waals surface area contributed by atoms with Crippen LogP contribution in [0, 0.1) is 17.5 Å². The number of methoxy groups -OCH3 is 1. The zero-order valence-corrected chi connectivity index (χ0v) is 8.18. The number of hydrogen-bond acceptors (Lipinski definition) is 2. The Balaban J connectivity index is 3.24. The van der Waals surface area contributed by atoms with Crippen molar-refractivity contribution in [1.82, 2.24) is 0 Å². The van der Waals surface area contributed by atoms with Gasteiger partial charge in [0.1, 0.15) is 5.82 Å². The highest BCUT2D eigenvalue weighted by Gasteiger charge is 2.25. The van der Waals surface area contributed by atoms with Crippen LogP contribution in [-0.4, -0.2) is 13.1 Å². The quantitative estimate of drug-likeness (QED) is 0.562. The summed E-state index contributed by atoms with van der Waals surface area (Å²) in [4.78, 5) is 11.0. The fourth-order valence-electron chi connectivity index (χ4n) is 1.23. The fraction of sp³-hybridized carbons (Fsp3) is 0.300. The molecule has 0 aliphatic rings. The first kappa shape index (κ1) is 11.6. The molecule has 1 unspecified atom stereocenters. The van der Waals surface area contributed by atoms with E-state index in [4.69, 9.17) is 0 Å². The van der Waals surface area contributed by atoms with Gasteiger partial charge in [0, 0.05) is 5.56 Å². The van der Waals surface area contributed by atoms with E-state index in [0.29, 0.717) is 6.07 Å². The second-order valence-electron chi connectivity index (χ2n) is 3.00. The number of hydrogen-bond donors (Lipinski definition) is 0. The molecule has 0 saturated heterocycles. The molecular formula is C10H9F3O2. The molecule has 82 valence electrons. The van der Waals surface area contributed by atoms with E-state index in [-0.39, 0.29) is 0 Å². The minimum Gasteiger partial charge on any atom is -0.469 e. The van der Waals surface area contributed by atoms with Crippen molar-refractivity contribution in [2.24, 2.45) is 0 Å². The van der Waals surface area contributed by atoms with Crippen molar-refractivity contribution in [2.45, 2.75) is 12.8 Å². The van der Waals surface area contributed by atoms with Gasteiger partial charge in [-0.2, -0.15) is 0 Å². The molecular weight excluding hydrogens is 209 g/mol. The molecule has 0 fully saturated rings. The van der Waals surface area contributed by atoms with Gasteiger partial charge >= 0.3 is 5.97 Å². The molecule has 0 radical (unpaired) electrons. The standard InChI is InChI=1S/C10H9F3O2/c1-5(10(14)15-2)8-6(11)3-4-7(12)9(8)13/h3-5H,1-2H3. The van der Waals surface area contributed by atoms with Crippen LogP contribution >= 0.6 is 0 Å². The molecule has 2 nitrogen and oxygen atoms in total. The monoisotopic (exact) mass is 218 g/mol. The van der Waals surface area contributed by atoms with Crippen molar-refractivity contribution in [1.29, 1.82) is 0 Å². The van der Waals surface area contributed by atoms with Crippen molar-refractivity contribution >= 4 is 5.97 Å². The van der Waals surface area contributed by atoms with Gasteiger partial charge in [0.15, 0.2) is 11.6 Å². The van der Waals surface area contributed by atoms with Crippen LogP contribution in [0.4, 0.5) is 13.2 Å². The molecule has 15 heavy (non-hydrogen) atoms. The second kappa shape index (κ2) is 4.33. The summed E-state index contributed by atoms with van der Waals surface area (Å²) in [5, 5.41) is 0. The van der Waals surface area contributed by atoms with Crippen molar-refractivity contribution < 1.29 is 22.7 Å². The average Bonchev–Trinajstić information content (AvgIpc) is 2.22. The number of esters is 1. The Morgan fingerprint density at radius 3 is 2.33 bits per heavy atom. The molecule has 1 atom stereocenters. The van der Waals surface area contributed by atoms with Crippen LogP contribution in [-0.2, 0) is 9.53 Å². The topological polar surface area (TPSA) is 26.3 Å². The zero-order valence-electron chi connectivity index (χ0n) is 8.18. The summed E-state index contributed by atoms with van der Waals surface area (Å²) in [5.41, 5.74) is -0.609. The number of benzene rings is 1. The smallest absolute Gasteiger partial charge is 0.313 e. The van der Waals surface area contributed by atoms with Crippen LogP contribution in [0.1, 0.15) is 18.4 Å². The molecule has 0 aliphatic carbocycles. The number of halogens is 3. The van der Waals surface area contributed by atoms with E-state index < -0.39 is 34.9 Å². The first-order valence-electron chi connectivity index (χ1n) is 4.20. The number of rotatable bonds is 2. The lowest BCUT2D eigenvalue weighted by atomic mass is 10.00. The van der Waals surface area contributed by atoms with Gasteiger partial charge in [-0.1, -0.05) is 0 Å². The Bertz CT molecular complexity index is 390. The van der Waals surface area contributed by atoms with Gasteiger partial charge < -0.3 is 4.74 Å². The van der Waals surface area contributed by atoms with E-state index in [0.717, 1.165) is 13.2 Å². The molecule has 0 N–H and O–H groups in total. The van der Waals surface area contributed by atoms with E-state index in [1.807, 2.05) is 0 Å². The third kappa shape index (κ3) is 2.11. The number of carbonyl (C=O) groups excluding carboxylic acids is 1. The van der Waals surface area contributed by atoms with Crippen molar-refractivity contribution in [3.05, 3.63) is 35.1 Å². The Kier molecular flexibility index (Phi) is 3.34. The summed E-state index contributed by atoms with van der Waals surface area (Å²) in [6.45, 7) is 1.24. The second-order valence-corrected chi connectivity index (χ2v) is 3.00. The lowest BCUT2D eigenvalue weighted by Gasteiger charge is -2.11. The molecule has 1 aromatic rings. The summed E-state index contributed by atoms with van der Waals surface area (Å²) >= 11 is 0. The lowest BCUT2D eigenvalue weighted by molar-refractivity contribution is -0.142. The van der Waals surface area contributed by atoms with Crippen LogP contribution in [0.25, 0.3) is 0 Å². The third-order valence-electron chi connectivity index (χ3n) is 2.07. The van der Waals surface area contributed by atoms with Gasteiger partial charge in [0.25, 0.3) is 0 Å². The maximum Gasteiger partial charge on any atom is 0.313 e. The SMILES string of the molecule is COC(=O)C(C)c1c(F)ccc(F)c1F. The molecule has 0 saturated carbocycles. The molecule has 0 aromatic heterocycles. The first-order chi connectivity index (χ1) is 6.99. The largest absolute Gasteiger partial charge is 0.469 e. The van der Waals surface area contributed by atoms with Gasteiger partial charge in [-0.15, -0.1) is 0 Å². The number of ether oxygens (including phenoxy) is 1. The minimum atomic E-state index is -1.35. The van der Waals surface area contributed by atoms with Crippen LogP contribution in [0.2, 0.25) is 0 Å². The van der Waals surface area contributed by atoms with Crippen molar-refractivity contribution in [2.75, 3.05) is 7.11 Å². The highest BCUT2D eigenvalue weighted by atomic mass is 19.2. The van der Waals surface area contributed by atoms with Crippen molar-refractivity contribution in [3.8, 4) is 0 Å².